The predicted octanol–water partition coefficient (Wildman–Crippen LogP) is 1.73. The zero-order valence-corrected chi connectivity index (χ0v) is 15.4. The van der Waals surface area contributed by atoms with Gasteiger partial charge in [-0.15, -0.1) is 22.7 Å². The van der Waals surface area contributed by atoms with Crippen molar-refractivity contribution in [3.05, 3.63) is 33.0 Å². The van der Waals surface area contributed by atoms with Gasteiger partial charge < -0.3 is 4.90 Å². The molecule has 24 heavy (non-hydrogen) atoms. The fraction of sp³-hybridized carbons (Fsp3) is 0.200. The molecule has 1 saturated heterocycles. The molecule has 2 aliphatic rings. The molecule has 4 heterocycles. The molecular formula is C15H13N5OS3. The lowest BCUT2D eigenvalue weighted by Crippen LogP contribution is -2.29. The van der Waals surface area contributed by atoms with Gasteiger partial charge in [-0.2, -0.15) is 4.99 Å². The number of thioether (sulfide) groups is 1. The molecule has 4 rings (SSSR count). The Labute approximate surface area is 150 Å². The van der Waals surface area contributed by atoms with Gasteiger partial charge in [-0.25, -0.2) is 9.97 Å². The topological polar surface area (TPSA) is 61.7 Å². The van der Waals surface area contributed by atoms with Crippen LogP contribution in [-0.4, -0.2) is 39.5 Å². The molecule has 2 aliphatic heterocycles. The van der Waals surface area contributed by atoms with Crippen LogP contribution in [0.1, 0.15) is 6.92 Å². The number of hydrogen-bond donors (Lipinski definition) is 0. The van der Waals surface area contributed by atoms with Gasteiger partial charge in [0.25, 0.3) is 5.91 Å². The number of anilines is 1. The minimum absolute atomic E-state index is 0.0421. The molecule has 2 aromatic rings. The van der Waals surface area contributed by atoms with Crippen molar-refractivity contribution in [1.82, 2.24) is 14.9 Å². The van der Waals surface area contributed by atoms with Crippen molar-refractivity contribution in [1.29, 1.82) is 0 Å². The van der Waals surface area contributed by atoms with Gasteiger partial charge >= 0.3 is 0 Å². The summed E-state index contributed by atoms with van der Waals surface area (Å²) >= 11 is 4.35. The number of carbonyl (C=O) groups is 1. The van der Waals surface area contributed by atoms with Crippen LogP contribution in [-0.2, 0) is 4.79 Å². The number of rotatable bonds is 2. The zero-order chi connectivity index (χ0) is 16.7. The van der Waals surface area contributed by atoms with E-state index in [9.17, 15) is 4.79 Å². The molecule has 0 unspecified atom stereocenters. The van der Waals surface area contributed by atoms with E-state index >= 15 is 0 Å². The molecule has 0 N–H and O–H groups in total. The van der Waals surface area contributed by atoms with Gasteiger partial charge in [0.05, 0.1) is 4.53 Å². The average molecular weight is 376 g/mol. The molecule has 0 atom stereocenters. The lowest BCUT2D eigenvalue weighted by molar-refractivity contribution is -0.120. The van der Waals surface area contributed by atoms with Crippen LogP contribution >= 0.6 is 34.4 Å². The Balaban J connectivity index is 1.82. The molecule has 0 bridgehead atoms. The Kier molecular flexibility index (Phi) is 3.99. The summed E-state index contributed by atoms with van der Waals surface area (Å²) in [4.78, 5) is 30.4. The second-order valence-electron chi connectivity index (χ2n) is 5.02. The van der Waals surface area contributed by atoms with E-state index in [1.54, 1.807) is 11.1 Å². The summed E-state index contributed by atoms with van der Waals surface area (Å²) in [7, 11) is 1.95. The number of amides is 1. The standard InChI is InChI=1S/C15H13N5OS3/c1-3-20-13(21)10(24-15(20)18-14-16-6-8-22-14)12-17-11-9(23-12)5-4-7-19(11)2/h4-8H,3H2,1-2H3/b12-10+,18-15-. The van der Waals surface area contributed by atoms with Crippen LogP contribution in [0.5, 0.6) is 0 Å². The normalized spacial score (nSPS) is 20.8. The highest BCUT2D eigenvalue weighted by atomic mass is 32.2. The second kappa shape index (κ2) is 6.15. The van der Waals surface area contributed by atoms with Crippen molar-refractivity contribution >= 4 is 67.4 Å². The molecular weight excluding hydrogens is 362 g/mol. The Morgan fingerprint density at radius 3 is 2.96 bits per heavy atom. The number of thiazole rings is 2. The highest BCUT2D eigenvalue weighted by Crippen LogP contribution is 2.33. The van der Waals surface area contributed by atoms with E-state index in [-0.39, 0.29) is 5.91 Å². The Hall–Kier alpha value is -1.97. The molecule has 0 aliphatic carbocycles. The van der Waals surface area contributed by atoms with Crippen molar-refractivity contribution in [2.45, 2.75) is 6.92 Å². The van der Waals surface area contributed by atoms with Crippen molar-refractivity contribution in [2.24, 2.45) is 4.99 Å². The number of nitrogens with zero attached hydrogens (tertiary/aromatic N) is 5. The molecule has 0 saturated carbocycles. The van der Waals surface area contributed by atoms with Crippen LogP contribution in [0.3, 0.4) is 0 Å². The SMILES string of the molecule is CCN1C(=O)/C(=c2/nc3c(s2)=CC=CN3C)S/C1=N\c1nccs1. The summed E-state index contributed by atoms with van der Waals surface area (Å²) in [6, 6.07) is 0. The first-order chi connectivity index (χ1) is 11.7. The summed E-state index contributed by atoms with van der Waals surface area (Å²) in [5.41, 5.74) is 0. The fourth-order valence-electron chi connectivity index (χ4n) is 2.36. The van der Waals surface area contributed by atoms with Gasteiger partial charge in [0.1, 0.15) is 9.57 Å². The van der Waals surface area contributed by atoms with Gasteiger partial charge in [-0.1, -0.05) is 0 Å². The van der Waals surface area contributed by atoms with E-state index in [0.29, 0.717) is 21.7 Å². The van der Waals surface area contributed by atoms with Crippen LogP contribution in [0.15, 0.2) is 28.8 Å². The molecule has 0 radical (unpaired) electrons. The van der Waals surface area contributed by atoms with E-state index in [1.165, 1.54) is 34.4 Å². The Morgan fingerprint density at radius 2 is 2.25 bits per heavy atom. The number of hydrogen-bond acceptors (Lipinski definition) is 8. The van der Waals surface area contributed by atoms with Crippen molar-refractivity contribution in [3.8, 4) is 0 Å². The molecule has 1 fully saturated rings. The number of aliphatic imine (C=N–C) groups is 1. The first kappa shape index (κ1) is 15.6. The van der Waals surface area contributed by atoms with Crippen LogP contribution in [0.4, 0.5) is 10.9 Å². The largest absolute Gasteiger partial charge is 0.335 e. The predicted molar refractivity (Wildman–Crippen MR) is 101 cm³/mol. The van der Waals surface area contributed by atoms with Gasteiger partial charge in [0.2, 0.25) is 5.13 Å². The van der Waals surface area contributed by atoms with Gasteiger partial charge in [-0.05, 0) is 30.8 Å². The van der Waals surface area contributed by atoms with Crippen LogP contribution in [0, 0.1) is 0 Å². The maximum absolute atomic E-state index is 12.8. The number of allylic oxidation sites excluding steroid dienone is 1. The lowest BCUT2D eigenvalue weighted by atomic mass is 10.4. The average Bonchev–Trinajstić information content (AvgIpc) is 3.27. The molecule has 2 aromatic heterocycles. The monoisotopic (exact) mass is 375 g/mol. The number of fused-ring (bicyclic) bond motifs is 1. The van der Waals surface area contributed by atoms with Crippen molar-refractivity contribution < 1.29 is 4.79 Å². The number of aromatic nitrogens is 2. The van der Waals surface area contributed by atoms with Gasteiger partial charge in [0, 0.05) is 31.4 Å². The first-order valence-corrected chi connectivity index (χ1v) is 9.79. The lowest BCUT2D eigenvalue weighted by Gasteiger charge is -2.11. The fourth-order valence-corrected chi connectivity index (χ4v) is 5.09. The third-order valence-electron chi connectivity index (χ3n) is 3.51. The zero-order valence-electron chi connectivity index (χ0n) is 13.0. The number of amidine groups is 1. The van der Waals surface area contributed by atoms with Crippen LogP contribution < -0.4 is 14.1 Å². The molecule has 0 aromatic carbocycles. The smallest absolute Gasteiger partial charge is 0.269 e. The van der Waals surface area contributed by atoms with Crippen LogP contribution in [0.25, 0.3) is 11.0 Å². The molecule has 0 spiro atoms. The van der Waals surface area contributed by atoms with E-state index in [2.05, 4.69) is 15.0 Å². The summed E-state index contributed by atoms with van der Waals surface area (Å²) < 4.78 is 1.80. The second-order valence-corrected chi connectivity index (χ2v) is 7.90. The molecule has 122 valence electrons. The van der Waals surface area contributed by atoms with Crippen LogP contribution in [0.2, 0.25) is 0 Å². The molecule has 6 nitrogen and oxygen atoms in total. The summed E-state index contributed by atoms with van der Waals surface area (Å²) in [6.07, 6.45) is 7.66. The quantitative estimate of drug-likeness (QED) is 0.800. The van der Waals surface area contributed by atoms with E-state index in [0.717, 1.165) is 15.0 Å². The van der Waals surface area contributed by atoms with E-state index < -0.39 is 0 Å². The van der Waals surface area contributed by atoms with E-state index in [1.807, 2.05) is 42.6 Å². The molecule has 1 amide bonds. The van der Waals surface area contributed by atoms with Crippen molar-refractivity contribution in [3.63, 3.8) is 0 Å². The Bertz CT molecular complexity index is 973. The maximum atomic E-state index is 12.8. The first-order valence-electron chi connectivity index (χ1n) is 7.27. The van der Waals surface area contributed by atoms with Gasteiger partial charge in [-0.3, -0.25) is 9.69 Å². The minimum Gasteiger partial charge on any atom is -0.335 e. The third-order valence-corrected chi connectivity index (χ3v) is 6.40. The summed E-state index contributed by atoms with van der Waals surface area (Å²) in [6.45, 7) is 2.51. The highest BCUT2D eigenvalue weighted by Gasteiger charge is 2.34. The maximum Gasteiger partial charge on any atom is 0.269 e. The minimum atomic E-state index is -0.0421. The third kappa shape index (κ3) is 2.58. The van der Waals surface area contributed by atoms with E-state index in [4.69, 9.17) is 0 Å². The highest BCUT2D eigenvalue weighted by molar-refractivity contribution is 8.23. The summed E-state index contributed by atoms with van der Waals surface area (Å²) in [5, 5.41) is 3.19. The molecule has 9 heteroatoms. The van der Waals surface area contributed by atoms with Crippen molar-refractivity contribution in [2.75, 3.05) is 18.5 Å². The number of carbonyl (C=O) groups excluding carboxylic acids is 1. The summed E-state index contributed by atoms with van der Waals surface area (Å²) in [5.74, 6) is 0.839. The van der Waals surface area contributed by atoms with Gasteiger partial charge in [0.15, 0.2) is 11.0 Å². The Morgan fingerprint density at radius 1 is 1.38 bits per heavy atom.